The van der Waals surface area contributed by atoms with Crippen LogP contribution in [0, 0.1) is 0 Å². The first kappa shape index (κ1) is 11.6. The third-order valence-electron chi connectivity index (χ3n) is 2.07. The molecular formula is C8H15NO4S. The average molecular weight is 221 g/mol. The quantitative estimate of drug-likeness (QED) is 0.631. The summed E-state index contributed by atoms with van der Waals surface area (Å²) in [6.07, 6.45) is 1.35. The van der Waals surface area contributed by atoms with Crippen molar-refractivity contribution in [2.45, 2.75) is 6.04 Å². The first-order chi connectivity index (χ1) is 6.61. The van der Waals surface area contributed by atoms with Gasteiger partial charge in [-0.15, -0.1) is 6.58 Å². The molecule has 1 atom stereocenters. The topological polar surface area (TPSA) is 66.8 Å². The van der Waals surface area contributed by atoms with Gasteiger partial charge in [0.1, 0.15) is 0 Å². The summed E-state index contributed by atoms with van der Waals surface area (Å²) in [4.78, 5) is 0. The molecule has 6 heteroatoms. The zero-order chi connectivity index (χ0) is 10.6. The van der Waals surface area contributed by atoms with Crippen LogP contribution in [-0.2, 0) is 14.8 Å². The van der Waals surface area contributed by atoms with Crippen LogP contribution in [-0.4, -0.2) is 56.0 Å². The van der Waals surface area contributed by atoms with E-state index in [9.17, 15) is 8.42 Å². The van der Waals surface area contributed by atoms with Gasteiger partial charge in [0, 0.05) is 6.54 Å². The predicted molar refractivity (Wildman–Crippen MR) is 52.4 cm³/mol. The lowest BCUT2D eigenvalue weighted by atomic mass is 10.3. The van der Waals surface area contributed by atoms with Crippen LogP contribution in [0.3, 0.4) is 0 Å². The Balaban J connectivity index is 2.77. The minimum atomic E-state index is -3.32. The molecule has 1 saturated heterocycles. The van der Waals surface area contributed by atoms with Gasteiger partial charge in [-0.25, -0.2) is 8.42 Å². The van der Waals surface area contributed by atoms with Crippen molar-refractivity contribution in [1.29, 1.82) is 0 Å². The lowest BCUT2D eigenvalue weighted by Gasteiger charge is -2.33. The summed E-state index contributed by atoms with van der Waals surface area (Å²) in [5.74, 6) is -0.0938. The first-order valence-corrected chi connectivity index (χ1v) is 6.01. The lowest BCUT2D eigenvalue weighted by Crippen LogP contribution is -2.50. The zero-order valence-corrected chi connectivity index (χ0v) is 8.74. The van der Waals surface area contributed by atoms with Crippen LogP contribution < -0.4 is 0 Å². The number of ether oxygens (including phenoxy) is 1. The molecule has 1 heterocycles. The lowest BCUT2D eigenvalue weighted by molar-refractivity contribution is 0.0110. The largest absolute Gasteiger partial charge is 0.395 e. The molecule has 1 fully saturated rings. The molecule has 1 aliphatic heterocycles. The Morgan fingerprint density at radius 1 is 1.64 bits per heavy atom. The highest BCUT2D eigenvalue weighted by Gasteiger charge is 2.31. The molecule has 82 valence electrons. The monoisotopic (exact) mass is 221 g/mol. The first-order valence-electron chi connectivity index (χ1n) is 4.41. The number of hydrogen-bond acceptors (Lipinski definition) is 4. The van der Waals surface area contributed by atoms with Crippen LogP contribution in [0.25, 0.3) is 0 Å². The van der Waals surface area contributed by atoms with Gasteiger partial charge in [-0.05, 0) is 0 Å². The number of aliphatic hydroxyl groups excluding tert-OH is 1. The van der Waals surface area contributed by atoms with Crippen LogP contribution >= 0.6 is 0 Å². The molecule has 0 amide bonds. The van der Waals surface area contributed by atoms with Crippen molar-refractivity contribution < 1.29 is 18.3 Å². The van der Waals surface area contributed by atoms with E-state index in [1.165, 1.54) is 10.4 Å². The molecule has 0 aromatic heterocycles. The van der Waals surface area contributed by atoms with E-state index in [0.717, 1.165) is 0 Å². The van der Waals surface area contributed by atoms with E-state index in [0.29, 0.717) is 13.2 Å². The maximum absolute atomic E-state index is 11.6. The van der Waals surface area contributed by atoms with Crippen LogP contribution in [0.2, 0.25) is 0 Å². The van der Waals surface area contributed by atoms with Crippen molar-refractivity contribution in [3.8, 4) is 0 Å². The Morgan fingerprint density at radius 3 is 2.93 bits per heavy atom. The number of rotatable bonds is 4. The van der Waals surface area contributed by atoms with E-state index in [1.807, 2.05) is 0 Å². The molecule has 0 aliphatic carbocycles. The Labute approximate surface area is 84.0 Å². The van der Waals surface area contributed by atoms with Gasteiger partial charge in [0.2, 0.25) is 10.0 Å². The average Bonchev–Trinajstić information content (AvgIpc) is 2.18. The van der Waals surface area contributed by atoms with Crippen LogP contribution in [0.1, 0.15) is 0 Å². The van der Waals surface area contributed by atoms with E-state index >= 15 is 0 Å². The highest BCUT2D eigenvalue weighted by molar-refractivity contribution is 7.89. The van der Waals surface area contributed by atoms with Crippen molar-refractivity contribution in [3.05, 3.63) is 12.7 Å². The third-order valence-corrected chi connectivity index (χ3v) is 3.92. The van der Waals surface area contributed by atoms with Gasteiger partial charge in [0.25, 0.3) is 0 Å². The SMILES string of the molecule is C=CCS(=O)(=O)N1CCOCC1CO. The number of hydrogen-bond donors (Lipinski definition) is 1. The van der Waals surface area contributed by atoms with Crippen molar-refractivity contribution in [3.63, 3.8) is 0 Å². The highest BCUT2D eigenvalue weighted by Crippen LogP contribution is 2.12. The molecule has 0 saturated carbocycles. The number of nitrogens with zero attached hydrogens (tertiary/aromatic N) is 1. The zero-order valence-electron chi connectivity index (χ0n) is 7.92. The molecule has 1 N–H and O–H groups in total. The minimum Gasteiger partial charge on any atom is -0.395 e. The fourth-order valence-electron chi connectivity index (χ4n) is 1.39. The Morgan fingerprint density at radius 2 is 2.36 bits per heavy atom. The molecule has 1 unspecified atom stereocenters. The second-order valence-electron chi connectivity index (χ2n) is 3.09. The summed E-state index contributed by atoms with van der Waals surface area (Å²) in [5, 5.41) is 8.98. The molecule has 0 aromatic rings. The van der Waals surface area contributed by atoms with Crippen LogP contribution in [0.15, 0.2) is 12.7 Å². The van der Waals surface area contributed by atoms with Gasteiger partial charge >= 0.3 is 0 Å². The molecule has 14 heavy (non-hydrogen) atoms. The highest BCUT2D eigenvalue weighted by atomic mass is 32.2. The molecular weight excluding hydrogens is 206 g/mol. The van der Waals surface area contributed by atoms with E-state index in [4.69, 9.17) is 9.84 Å². The summed E-state index contributed by atoms with van der Waals surface area (Å²) in [6.45, 7) is 4.13. The fourth-order valence-corrected chi connectivity index (χ4v) is 2.82. The Hall–Kier alpha value is -0.430. The summed E-state index contributed by atoms with van der Waals surface area (Å²) < 4.78 is 29.7. The molecule has 0 radical (unpaired) electrons. The van der Waals surface area contributed by atoms with Gasteiger partial charge in [0.15, 0.2) is 0 Å². The second kappa shape index (κ2) is 4.88. The number of aliphatic hydroxyl groups is 1. The van der Waals surface area contributed by atoms with Crippen LogP contribution in [0.5, 0.6) is 0 Å². The smallest absolute Gasteiger partial charge is 0.218 e. The second-order valence-corrected chi connectivity index (χ2v) is 5.06. The van der Waals surface area contributed by atoms with Crippen molar-refractivity contribution >= 4 is 10.0 Å². The molecule has 1 aliphatic rings. The predicted octanol–water partition coefficient (Wildman–Crippen LogP) is -0.805. The molecule has 1 rings (SSSR count). The van der Waals surface area contributed by atoms with Gasteiger partial charge in [-0.3, -0.25) is 0 Å². The van der Waals surface area contributed by atoms with E-state index < -0.39 is 16.1 Å². The summed E-state index contributed by atoms with van der Waals surface area (Å²) in [5.41, 5.74) is 0. The Kier molecular flexibility index (Phi) is 4.06. The van der Waals surface area contributed by atoms with Crippen LogP contribution in [0.4, 0.5) is 0 Å². The normalized spacial score (nSPS) is 24.8. The standard InChI is InChI=1S/C8H15NO4S/c1-2-5-14(11,12)9-3-4-13-7-8(9)6-10/h2,8,10H,1,3-7H2. The summed E-state index contributed by atoms with van der Waals surface area (Å²) in [6, 6.07) is -0.450. The van der Waals surface area contributed by atoms with Gasteiger partial charge in [-0.1, -0.05) is 6.08 Å². The maximum atomic E-state index is 11.6. The van der Waals surface area contributed by atoms with Gasteiger partial charge < -0.3 is 9.84 Å². The molecule has 0 aromatic carbocycles. The molecule has 0 bridgehead atoms. The molecule has 5 nitrogen and oxygen atoms in total. The van der Waals surface area contributed by atoms with Gasteiger partial charge in [-0.2, -0.15) is 4.31 Å². The third kappa shape index (κ3) is 2.54. The fraction of sp³-hybridized carbons (Fsp3) is 0.750. The summed E-state index contributed by atoms with van der Waals surface area (Å²) in [7, 11) is -3.32. The summed E-state index contributed by atoms with van der Waals surface area (Å²) >= 11 is 0. The Bertz CT molecular complexity index is 288. The van der Waals surface area contributed by atoms with E-state index in [-0.39, 0.29) is 19.0 Å². The number of sulfonamides is 1. The van der Waals surface area contributed by atoms with Gasteiger partial charge in [0.05, 0.1) is 31.6 Å². The molecule has 0 spiro atoms. The van der Waals surface area contributed by atoms with E-state index in [1.54, 1.807) is 0 Å². The maximum Gasteiger partial charge on any atom is 0.218 e. The number of morpholine rings is 1. The van der Waals surface area contributed by atoms with Crippen molar-refractivity contribution in [2.24, 2.45) is 0 Å². The van der Waals surface area contributed by atoms with E-state index in [2.05, 4.69) is 6.58 Å². The minimum absolute atomic E-state index is 0.0938. The van der Waals surface area contributed by atoms with Crippen molar-refractivity contribution in [1.82, 2.24) is 4.31 Å². The van der Waals surface area contributed by atoms with Crippen molar-refractivity contribution in [2.75, 3.05) is 32.1 Å².